The first kappa shape index (κ1) is 12.3. The highest BCUT2D eigenvalue weighted by Crippen LogP contribution is 2.00. The molecular formula is C8H17NO4. The largest absolute Gasteiger partial charge is 0.480 e. The number of aliphatic hydroxyl groups is 2. The van der Waals surface area contributed by atoms with Gasteiger partial charge in [-0.3, -0.25) is 10.1 Å². The lowest BCUT2D eigenvalue weighted by molar-refractivity contribution is -0.142. The molecule has 13 heavy (non-hydrogen) atoms. The molecule has 5 heteroatoms. The second kappa shape index (κ2) is 4.55. The molecule has 0 amide bonds. The molecule has 0 aliphatic carbocycles. The SMILES string of the molecule is C[C@@H](O)[C@H](NCC(C)(C)O)C(=O)O. The van der Waals surface area contributed by atoms with Gasteiger partial charge in [0, 0.05) is 6.54 Å². The molecule has 2 atom stereocenters. The normalized spacial score (nSPS) is 16.7. The molecule has 5 nitrogen and oxygen atoms in total. The van der Waals surface area contributed by atoms with Crippen LogP contribution in [0, 0.1) is 0 Å². The Bertz CT molecular complexity index is 173. The third kappa shape index (κ3) is 5.57. The minimum atomic E-state index is -1.13. The van der Waals surface area contributed by atoms with Gasteiger partial charge < -0.3 is 15.3 Å². The number of carbonyl (C=O) groups is 1. The van der Waals surface area contributed by atoms with Crippen molar-refractivity contribution in [3.05, 3.63) is 0 Å². The van der Waals surface area contributed by atoms with Gasteiger partial charge >= 0.3 is 5.97 Å². The van der Waals surface area contributed by atoms with Crippen molar-refractivity contribution in [2.24, 2.45) is 0 Å². The van der Waals surface area contributed by atoms with Gasteiger partial charge in [-0.05, 0) is 20.8 Å². The average molecular weight is 191 g/mol. The van der Waals surface area contributed by atoms with Gasteiger partial charge in [-0.1, -0.05) is 0 Å². The summed E-state index contributed by atoms with van der Waals surface area (Å²) in [6.07, 6.45) is -0.986. The molecule has 0 fully saturated rings. The summed E-state index contributed by atoms with van der Waals surface area (Å²) in [6, 6.07) is -1.04. The van der Waals surface area contributed by atoms with Crippen molar-refractivity contribution in [2.45, 2.75) is 38.5 Å². The van der Waals surface area contributed by atoms with Crippen LogP contribution in [0.3, 0.4) is 0 Å². The molecule has 0 aromatic heterocycles. The molecule has 0 aromatic carbocycles. The maximum Gasteiger partial charge on any atom is 0.323 e. The first-order valence-electron chi connectivity index (χ1n) is 4.10. The Kier molecular flexibility index (Phi) is 4.32. The summed E-state index contributed by atoms with van der Waals surface area (Å²) in [5.74, 6) is -1.13. The fraction of sp³-hybridized carbons (Fsp3) is 0.875. The molecule has 0 radical (unpaired) electrons. The first-order valence-corrected chi connectivity index (χ1v) is 4.10. The average Bonchev–Trinajstić information content (AvgIpc) is 1.82. The number of hydrogen-bond donors (Lipinski definition) is 4. The summed E-state index contributed by atoms with van der Waals surface area (Å²) >= 11 is 0. The third-order valence-corrected chi connectivity index (χ3v) is 1.50. The van der Waals surface area contributed by atoms with Crippen LogP contribution >= 0.6 is 0 Å². The Morgan fingerprint density at radius 2 is 2.00 bits per heavy atom. The third-order valence-electron chi connectivity index (χ3n) is 1.50. The van der Waals surface area contributed by atoms with Crippen LogP contribution in [0.4, 0.5) is 0 Å². The van der Waals surface area contributed by atoms with Gasteiger partial charge in [-0.25, -0.2) is 0 Å². The Morgan fingerprint density at radius 1 is 1.54 bits per heavy atom. The van der Waals surface area contributed by atoms with E-state index in [9.17, 15) is 9.90 Å². The van der Waals surface area contributed by atoms with E-state index in [4.69, 9.17) is 10.2 Å². The predicted octanol–water partition coefficient (Wildman–Crippen LogP) is -0.819. The zero-order valence-electron chi connectivity index (χ0n) is 8.11. The van der Waals surface area contributed by atoms with Crippen molar-refractivity contribution in [2.75, 3.05) is 6.54 Å². The number of rotatable bonds is 5. The van der Waals surface area contributed by atoms with Crippen molar-refractivity contribution in [1.29, 1.82) is 0 Å². The van der Waals surface area contributed by atoms with Crippen LogP contribution in [-0.2, 0) is 4.79 Å². The molecular weight excluding hydrogens is 174 g/mol. The molecule has 4 N–H and O–H groups in total. The summed E-state index contributed by atoms with van der Waals surface area (Å²) in [6.45, 7) is 4.62. The Morgan fingerprint density at radius 3 is 2.23 bits per heavy atom. The van der Waals surface area contributed by atoms with Crippen molar-refractivity contribution in [3.63, 3.8) is 0 Å². The van der Waals surface area contributed by atoms with Crippen LogP contribution in [-0.4, -0.2) is 45.6 Å². The Balaban J connectivity index is 4.06. The van der Waals surface area contributed by atoms with E-state index in [-0.39, 0.29) is 6.54 Å². The van der Waals surface area contributed by atoms with E-state index in [2.05, 4.69) is 5.32 Å². The van der Waals surface area contributed by atoms with E-state index < -0.39 is 23.7 Å². The second-order valence-corrected chi connectivity index (χ2v) is 3.75. The van der Waals surface area contributed by atoms with Crippen molar-refractivity contribution >= 4 is 5.97 Å². The van der Waals surface area contributed by atoms with E-state index in [0.717, 1.165) is 0 Å². The summed E-state index contributed by atoms with van der Waals surface area (Å²) in [5.41, 5.74) is -0.984. The second-order valence-electron chi connectivity index (χ2n) is 3.75. The fourth-order valence-corrected chi connectivity index (χ4v) is 0.824. The fourth-order valence-electron chi connectivity index (χ4n) is 0.824. The lowest BCUT2D eigenvalue weighted by Gasteiger charge is -2.23. The van der Waals surface area contributed by atoms with Crippen LogP contribution < -0.4 is 5.32 Å². The lowest BCUT2D eigenvalue weighted by atomic mass is 10.1. The summed E-state index contributed by atoms with van der Waals surface area (Å²) in [7, 11) is 0. The molecule has 0 spiro atoms. The zero-order chi connectivity index (χ0) is 10.6. The van der Waals surface area contributed by atoms with Crippen molar-refractivity contribution in [1.82, 2.24) is 5.32 Å². The number of carboxylic acid groups (broad SMARTS) is 1. The first-order chi connectivity index (χ1) is 5.74. The molecule has 0 aromatic rings. The molecule has 0 heterocycles. The molecule has 0 rings (SSSR count). The maximum absolute atomic E-state index is 10.6. The molecule has 0 saturated heterocycles. The van der Waals surface area contributed by atoms with Crippen LogP contribution in [0.2, 0.25) is 0 Å². The molecule has 0 aliphatic rings. The minimum Gasteiger partial charge on any atom is -0.480 e. The Labute approximate surface area is 77.4 Å². The highest BCUT2D eigenvalue weighted by atomic mass is 16.4. The van der Waals surface area contributed by atoms with Crippen molar-refractivity contribution < 1.29 is 20.1 Å². The molecule has 0 aliphatic heterocycles. The van der Waals surface area contributed by atoms with E-state index >= 15 is 0 Å². The van der Waals surface area contributed by atoms with Gasteiger partial charge in [0.05, 0.1) is 11.7 Å². The lowest BCUT2D eigenvalue weighted by Crippen LogP contribution is -2.49. The van der Waals surface area contributed by atoms with Gasteiger partial charge in [0.15, 0.2) is 0 Å². The summed E-state index contributed by atoms with van der Waals surface area (Å²) in [5, 5.41) is 29.5. The molecule has 0 unspecified atom stereocenters. The van der Waals surface area contributed by atoms with Crippen LogP contribution in [0.5, 0.6) is 0 Å². The van der Waals surface area contributed by atoms with Gasteiger partial charge in [-0.2, -0.15) is 0 Å². The van der Waals surface area contributed by atoms with E-state index in [0.29, 0.717) is 0 Å². The highest BCUT2D eigenvalue weighted by molar-refractivity contribution is 5.74. The van der Waals surface area contributed by atoms with Crippen LogP contribution in [0.25, 0.3) is 0 Å². The van der Waals surface area contributed by atoms with E-state index in [1.165, 1.54) is 6.92 Å². The van der Waals surface area contributed by atoms with Gasteiger partial charge in [0.25, 0.3) is 0 Å². The topological polar surface area (TPSA) is 89.8 Å². The highest BCUT2D eigenvalue weighted by Gasteiger charge is 2.24. The number of nitrogens with one attached hydrogen (secondary N) is 1. The standard InChI is InChI=1S/C8H17NO4/c1-5(10)6(7(11)12)9-4-8(2,3)13/h5-6,9-10,13H,4H2,1-3H3,(H,11,12)/t5-,6+/m1/s1. The maximum atomic E-state index is 10.6. The van der Waals surface area contributed by atoms with Crippen LogP contribution in [0.15, 0.2) is 0 Å². The van der Waals surface area contributed by atoms with E-state index in [1.807, 2.05) is 0 Å². The quantitative estimate of drug-likeness (QED) is 0.456. The molecule has 0 bridgehead atoms. The van der Waals surface area contributed by atoms with Gasteiger partial charge in [0.1, 0.15) is 6.04 Å². The number of carboxylic acids is 1. The minimum absolute atomic E-state index is 0.120. The van der Waals surface area contributed by atoms with Crippen molar-refractivity contribution in [3.8, 4) is 0 Å². The predicted molar refractivity (Wildman–Crippen MR) is 47.4 cm³/mol. The summed E-state index contributed by atoms with van der Waals surface area (Å²) < 4.78 is 0. The Hall–Kier alpha value is -0.650. The molecule has 0 saturated carbocycles. The van der Waals surface area contributed by atoms with E-state index in [1.54, 1.807) is 13.8 Å². The van der Waals surface area contributed by atoms with Crippen LogP contribution in [0.1, 0.15) is 20.8 Å². The number of hydrogen-bond acceptors (Lipinski definition) is 4. The summed E-state index contributed by atoms with van der Waals surface area (Å²) in [4.78, 5) is 10.6. The van der Waals surface area contributed by atoms with Gasteiger partial charge in [-0.15, -0.1) is 0 Å². The smallest absolute Gasteiger partial charge is 0.323 e. The monoisotopic (exact) mass is 191 g/mol. The number of aliphatic carboxylic acids is 1. The zero-order valence-corrected chi connectivity index (χ0v) is 8.11. The van der Waals surface area contributed by atoms with Gasteiger partial charge in [0.2, 0.25) is 0 Å². The molecule has 78 valence electrons. The number of aliphatic hydroxyl groups excluding tert-OH is 1.